The van der Waals surface area contributed by atoms with Crippen molar-refractivity contribution in [2.24, 2.45) is 0 Å². The summed E-state index contributed by atoms with van der Waals surface area (Å²) in [7, 11) is -3.45. The summed E-state index contributed by atoms with van der Waals surface area (Å²) in [6, 6.07) is 3.78. The number of aliphatic hydroxyl groups excluding tert-OH is 1. The summed E-state index contributed by atoms with van der Waals surface area (Å²) in [5, 5.41) is 10.2. The van der Waals surface area contributed by atoms with Gasteiger partial charge in [-0.05, 0) is 42.7 Å². The highest BCUT2D eigenvalue weighted by Gasteiger charge is 2.21. The van der Waals surface area contributed by atoms with Gasteiger partial charge in [-0.3, -0.25) is 0 Å². The molecule has 0 saturated heterocycles. The van der Waals surface area contributed by atoms with Crippen molar-refractivity contribution in [1.29, 1.82) is 0 Å². The van der Waals surface area contributed by atoms with Gasteiger partial charge in [0, 0.05) is 22.4 Å². The Kier molecular flexibility index (Phi) is 6.43. The second kappa shape index (κ2) is 8.17. The molecule has 2 rings (SSSR count). The van der Waals surface area contributed by atoms with Crippen LogP contribution in [0.3, 0.4) is 0 Å². The zero-order valence-corrected chi connectivity index (χ0v) is 15.4. The molecule has 1 unspecified atom stereocenters. The first kappa shape index (κ1) is 19.7. The number of benzene rings is 1. The number of rotatable bonds is 4. The van der Waals surface area contributed by atoms with E-state index in [1.807, 2.05) is 0 Å². The predicted molar refractivity (Wildman–Crippen MR) is 96.7 cm³/mol. The van der Waals surface area contributed by atoms with E-state index in [-0.39, 0.29) is 27.9 Å². The Morgan fingerprint density at radius 1 is 1.36 bits per heavy atom. The van der Waals surface area contributed by atoms with Crippen molar-refractivity contribution in [3.63, 3.8) is 0 Å². The van der Waals surface area contributed by atoms with Crippen LogP contribution in [0.4, 0.5) is 4.39 Å². The summed E-state index contributed by atoms with van der Waals surface area (Å²) in [4.78, 5) is 0.135. The van der Waals surface area contributed by atoms with E-state index in [4.69, 9.17) is 16.3 Å². The molecular formula is C18H20ClFO4S. The molecule has 0 saturated carbocycles. The van der Waals surface area contributed by atoms with E-state index in [2.05, 4.69) is 6.58 Å². The maximum atomic E-state index is 13.5. The number of allylic oxidation sites excluding steroid dienone is 3. The fraction of sp³-hybridized carbons (Fsp3) is 0.333. The van der Waals surface area contributed by atoms with Gasteiger partial charge in [-0.1, -0.05) is 25.1 Å². The fourth-order valence-electron chi connectivity index (χ4n) is 2.39. The lowest BCUT2D eigenvalue weighted by Gasteiger charge is -2.14. The van der Waals surface area contributed by atoms with Gasteiger partial charge in [0.15, 0.2) is 9.84 Å². The lowest BCUT2D eigenvalue weighted by molar-refractivity contribution is 0.166. The molecule has 0 aromatic heterocycles. The molecule has 25 heavy (non-hydrogen) atoms. The number of aliphatic hydroxyl groups is 1. The molecule has 1 atom stereocenters. The Bertz CT molecular complexity index is 807. The maximum absolute atomic E-state index is 13.5. The number of hydrogen-bond acceptors (Lipinski definition) is 4. The lowest BCUT2D eigenvalue weighted by atomic mass is 10.1. The predicted octanol–water partition coefficient (Wildman–Crippen LogP) is 4.16. The van der Waals surface area contributed by atoms with Crippen LogP contribution in [0, 0.1) is 5.82 Å². The molecule has 4 nitrogen and oxygen atoms in total. The Labute approximate surface area is 152 Å². The molecule has 136 valence electrons. The zero-order valence-electron chi connectivity index (χ0n) is 13.8. The summed E-state index contributed by atoms with van der Waals surface area (Å²) < 4.78 is 43.5. The molecule has 7 heteroatoms. The van der Waals surface area contributed by atoms with Crippen molar-refractivity contribution < 1.29 is 22.7 Å². The highest BCUT2D eigenvalue weighted by atomic mass is 35.5. The van der Waals surface area contributed by atoms with E-state index in [1.165, 1.54) is 24.3 Å². The van der Waals surface area contributed by atoms with Gasteiger partial charge in [0.25, 0.3) is 0 Å². The molecule has 1 aromatic carbocycles. The van der Waals surface area contributed by atoms with Crippen LogP contribution in [-0.4, -0.2) is 25.4 Å². The maximum Gasteiger partial charge on any atom is 0.174 e. The normalized spacial score (nSPS) is 23.5. The minimum atomic E-state index is -3.45. The third-order valence-electron chi connectivity index (χ3n) is 3.83. The second-order valence-corrected chi connectivity index (χ2v) is 8.54. The monoisotopic (exact) mass is 386 g/mol. The third kappa shape index (κ3) is 5.42. The minimum absolute atomic E-state index is 0.0407. The molecule has 1 aromatic rings. The molecule has 0 amide bonds. The Morgan fingerprint density at radius 3 is 2.72 bits per heavy atom. The first-order valence-corrected chi connectivity index (χ1v) is 9.88. The molecule has 1 aliphatic rings. The lowest BCUT2D eigenvalue weighted by Crippen LogP contribution is -2.14. The molecule has 0 spiro atoms. The topological polar surface area (TPSA) is 63.6 Å². The van der Waals surface area contributed by atoms with Gasteiger partial charge in [0.2, 0.25) is 0 Å². The van der Waals surface area contributed by atoms with Gasteiger partial charge in [-0.15, -0.1) is 0 Å². The van der Waals surface area contributed by atoms with Crippen LogP contribution in [-0.2, 0) is 9.84 Å². The molecule has 0 fully saturated rings. The van der Waals surface area contributed by atoms with Gasteiger partial charge in [-0.25, -0.2) is 12.8 Å². The molecule has 0 heterocycles. The van der Waals surface area contributed by atoms with Crippen molar-refractivity contribution in [3.8, 4) is 5.75 Å². The largest absolute Gasteiger partial charge is 0.457 e. The van der Waals surface area contributed by atoms with Crippen LogP contribution in [0.2, 0.25) is 5.02 Å². The zero-order chi connectivity index (χ0) is 18.6. The van der Waals surface area contributed by atoms with Crippen LogP contribution in [0.5, 0.6) is 5.75 Å². The summed E-state index contributed by atoms with van der Waals surface area (Å²) in [6.45, 7) is 5.46. The molecule has 0 radical (unpaired) electrons. The van der Waals surface area contributed by atoms with E-state index < -0.39 is 21.8 Å². The Hall–Kier alpha value is -1.63. The van der Waals surface area contributed by atoms with Crippen molar-refractivity contribution in [2.45, 2.75) is 32.3 Å². The van der Waals surface area contributed by atoms with Crippen molar-refractivity contribution in [1.82, 2.24) is 0 Å². The van der Waals surface area contributed by atoms with E-state index in [0.29, 0.717) is 24.2 Å². The van der Waals surface area contributed by atoms with Gasteiger partial charge >= 0.3 is 0 Å². The second-order valence-electron chi connectivity index (χ2n) is 5.77. The van der Waals surface area contributed by atoms with Crippen LogP contribution >= 0.6 is 11.6 Å². The van der Waals surface area contributed by atoms with E-state index in [1.54, 1.807) is 6.92 Å². The van der Waals surface area contributed by atoms with Gasteiger partial charge in [0.1, 0.15) is 17.3 Å². The number of hydrogen-bond donors (Lipinski definition) is 1. The Morgan fingerprint density at radius 2 is 2.08 bits per heavy atom. The van der Waals surface area contributed by atoms with E-state index >= 15 is 0 Å². The molecule has 0 bridgehead atoms. The molecular weight excluding hydrogens is 367 g/mol. The van der Waals surface area contributed by atoms with E-state index in [0.717, 1.165) is 6.07 Å². The van der Waals surface area contributed by atoms with Crippen LogP contribution in [0.25, 0.3) is 0 Å². The first-order chi connectivity index (χ1) is 11.7. The number of halogens is 2. The summed E-state index contributed by atoms with van der Waals surface area (Å²) >= 11 is 5.82. The van der Waals surface area contributed by atoms with Crippen molar-refractivity contribution in [3.05, 3.63) is 64.0 Å². The van der Waals surface area contributed by atoms with Gasteiger partial charge in [0.05, 0.1) is 11.9 Å². The van der Waals surface area contributed by atoms with Crippen LogP contribution in [0.1, 0.15) is 26.2 Å². The average molecular weight is 387 g/mol. The number of ether oxygens (including phenoxy) is 1. The molecule has 1 aliphatic carbocycles. The van der Waals surface area contributed by atoms with Crippen LogP contribution in [0.15, 0.2) is 53.2 Å². The van der Waals surface area contributed by atoms with Gasteiger partial charge < -0.3 is 9.84 Å². The average Bonchev–Trinajstić information content (AvgIpc) is 2.59. The summed E-state index contributed by atoms with van der Waals surface area (Å²) in [5.41, 5.74) is 0.575. The van der Waals surface area contributed by atoms with Crippen molar-refractivity contribution >= 4 is 21.4 Å². The van der Waals surface area contributed by atoms with Gasteiger partial charge in [-0.2, -0.15) is 0 Å². The highest BCUT2D eigenvalue weighted by Crippen LogP contribution is 2.28. The SMILES string of the molecule is C=C1CCC(O)C/C(S(=O)(=O)CC)=C\C=C/1Oc1cc(F)cc(Cl)c1. The smallest absolute Gasteiger partial charge is 0.174 e. The standard InChI is InChI=1S/C18H20ClFO4S/c1-3-25(22,23)17-6-7-18(12(2)4-5-15(21)11-17)24-16-9-13(19)8-14(20)10-16/h6-10,15,21H,2-5,11H2,1H3/b17-6+,18-7+. The highest BCUT2D eigenvalue weighted by molar-refractivity contribution is 7.95. The third-order valence-corrected chi connectivity index (χ3v) is 5.91. The number of sulfone groups is 1. The van der Waals surface area contributed by atoms with E-state index in [9.17, 15) is 17.9 Å². The summed E-state index contributed by atoms with van der Waals surface area (Å²) in [6.07, 6.45) is 2.92. The summed E-state index contributed by atoms with van der Waals surface area (Å²) in [5.74, 6) is -0.113. The first-order valence-electron chi connectivity index (χ1n) is 7.85. The Balaban J connectivity index is 2.40. The van der Waals surface area contributed by atoms with Crippen LogP contribution < -0.4 is 4.74 Å². The minimum Gasteiger partial charge on any atom is -0.457 e. The quantitative estimate of drug-likeness (QED) is 0.843. The molecule has 1 N–H and O–H groups in total. The van der Waals surface area contributed by atoms with Crippen molar-refractivity contribution in [2.75, 3.05) is 5.75 Å². The fourth-order valence-corrected chi connectivity index (χ4v) is 3.69. The molecule has 0 aliphatic heterocycles.